The smallest absolute Gasteiger partial charge is 0.0417 e. The van der Waals surface area contributed by atoms with Gasteiger partial charge in [0.05, 0.1) is 0 Å². The van der Waals surface area contributed by atoms with Gasteiger partial charge in [0.1, 0.15) is 0 Å². The molecule has 1 unspecified atom stereocenters. The van der Waals surface area contributed by atoms with E-state index in [1.165, 1.54) is 10.5 Å². The van der Waals surface area contributed by atoms with Crippen LogP contribution < -0.4 is 5.32 Å². The Bertz CT molecular complexity index is 505. The summed E-state index contributed by atoms with van der Waals surface area (Å²) in [5, 5.41) is 4.14. The molecule has 1 aromatic heterocycles. The predicted octanol–water partition coefficient (Wildman–Crippen LogP) is 3.66. The second-order valence-corrected chi connectivity index (χ2v) is 5.85. The number of aromatic nitrogens is 1. The summed E-state index contributed by atoms with van der Waals surface area (Å²) < 4.78 is 0. The monoisotopic (exact) mass is 292 g/mol. The van der Waals surface area contributed by atoms with Crippen molar-refractivity contribution in [1.82, 2.24) is 10.3 Å². The van der Waals surface area contributed by atoms with Crippen molar-refractivity contribution >= 4 is 23.4 Å². The maximum absolute atomic E-state index is 5.99. The van der Waals surface area contributed by atoms with Crippen LogP contribution >= 0.6 is 23.4 Å². The molecule has 0 fully saturated rings. The molecule has 1 N–H and O–H groups in total. The molecule has 0 amide bonds. The maximum Gasteiger partial charge on any atom is 0.0417 e. The van der Waals surface area contributed by atoms with Crippen LogP contribution in [0.5, 0.6) is 0 Å². The van der Waals surface area contributed by atoms with E-state index in [0.29, 0.717) is 6.04 Å². The van der Waals surface area contributed by atoms with Gasteiger partial charge in [0, 0.05) is 34.1 Å². The predicted molar refractivity (Wildman–Crippen MR) is 83.0 cm³/mol. The number of rotatable bonds is 6. The Hall–Kier alpha value is -1.03. The fourth-order valence-corrected chi connectivity index (χ4v) is 3.12. The zero-order chi connectivity index (χ0) is 13.5. The van der Waals surface area contributed by atoms with Crippen LogP contribution in [0.4, 0.5) is 0 Å². The van der Waals surface area contributed by atoms with E-state index in [0.717, 1.165) is 17.2 Å². The molecule has 0 aliphatic rings. The van der Waals surface area contributed by atoms with Gasteiger partial charge in [0.25, 0.3) is 0 Å². The topological polar surface area (TPSA) is 24.9 Å². The summed E-state index contributed by atoms with van der Waals surface area (Å²) in [5.41, 5.74) is 1.26. The van der Waals surface area contributed by atoms with E-state index in [2.05, 4.69) is 22.4 Å². The third kappa shape index (κ3) is 4.86. The molecule has 1 aromatic carbocycles. The van der Waals surface area contributed by atoms with Crippen LogP contribution in [0.1, 0.15) is 5.56 Å². The zero-order valence-electron chi connectivity index (χ0n) is 10.8. The average Bonchev–Trinajstić information content (AvgIpc) is 2.44. The minimum atomic E-state index is 0.424. The van der Waals surface area contributed by atoms with Crippen molar-refractivity contribution in [3.05, 3.63) is 59.4 Å². The molecule has 0 aliphatic carbocycles. The van der Waals surface area contributed by atoms with E-state index in [4.69, 9.17) is 11.6 Å². The van der Waals surface area contributed by atoms with Gasteiger partial charge in [0.2, 0.25) is 0 Å². The third-order valence-corrected chi connectivity index (χ3v) is 4.25. The van der Waals surface area contributed by atoms with Gasteiger partial charge in [-0.15, -0.1) is 11.8 Å². The minimum Gasteiger partial charge on any atom is -0.316 e. The summed E-state index contributed by atoms with van der Waals surface area (Å²) in [4.78, 5) is 5.36. The average molecular weight is 293 g/mol. The lowest BCUT2D eigenvalue weighted by molar-refractivity contribution is 0.616. The second-order valence-electron chi connectivity index (χ2n) is 4.32. The maximum atomic E-state index is 5.99. The standard InChI is InChI=1S/C15H17ClN2S/c1-17-14(8-12-4-3-7-18-10-12)11-19-15-6-2-5-13(16)9-15/h2-7,9-10,14,17H,8,11H2,1H3. The first kappa shape index (κ1) is 14.4. The minimum absolute atomic E-state index is 0.424. The summed E-state index contributed by atoms with van der Waals surface area (Å²) in [5.74, 6) is 1.01. The van der Waals surface area contributed by atoms with Crippen LogP contribution in [0.3, 0.4) is 0 Å². The van der Waals surface area contributed by atoms with Crippen molar-refractivity contribution in [1.29, 1.82) is 0 Å². The van der Waals surface area contributed by atoms with E-state index >= 15 is 0 Å². The molecule has 0 saturated carbocycles. The normalized spacial score (nSPS) is 12.3. The fraction of sp³-hybridized carbons (Fsp3) is 0.267. The molecular weight excluding hydrogens is 276 g/mol. The van der Waals surface area contributed by atoms with Crippen LogP contribution in [-0.2, 0) is 6.42 Å². The van der Waals surface area contributed by atoms with Gasteiger partial charge in [-0.1, -0.05) is 23.7 Å². The Morgan fingerprint density at radius 2 is 2.21 bits per heavy atom. The Balaban J connectivity index is 1.89. The number of hydrogen-bond acceptors (Lipinski definition) is 3. The van der Waals surface area contributed by atoms with Gasteiger partial charge in [0.15, 0.2) is 0 Å². The Morgan fingerprint density at radius 3 is 2.89 bits per heavy atom. The second kappa shape index (κ2) is 7.53. The fourth-order valence-electron chi connectivity index (χ4n) is 1.80. The van der Waals surface area contributed by atoms with Crippen LogP contribution in [-0.4, -0.2) is 23.8 Å². The van der Waals surface area contributed by atoms with E-state index in [-0.39, 0.29) is 0 Å². The molecule has 2 rings (SSSR count). The largest absolute Gasteiger partial charge is 0.316 e. The van der Waals surface area contributed by atoms with Gasteiger partial charge < -0.3 is 5.32 Å². The molecule has 100 valence electrons. The quantitative estimate of drug-likeness (QED) is 0.823. The van der Waals surface area contributed by atoms with Crippen LogP contribution in [0.25, 0.3) is 0 Å². The molecule has 0 saturated heterocycles. The highest BCUT2D eigenvalue weighted by molar-refractivity contribution is 7.99. The Kier molecular flexibility index (Phi) is 5.70. The molecule has 2 aromatic rings. The zero-order valence-corrected chi connectivity index (χ0v) is 12.4. The lowest BCUT2D eigenvalue weighted by Crippen LogP contribution is -2.30. The van der Waals surface area contributed by atoms with Gasteiger partial charge in [-0.3, -0.25) is 4.98 Å². The first-order chi connectivity index (χ1) is 9.28. The molecule has 0 aliphatic heterocycles. The number of pyridine rings is 1. The van der Waals surface area contributed by atoms with E-state index in [9.17, 15) is 0 Å². The van der Waals surface area contributed by atoms with E-state index in [1.807, 2.05) is 49.3 Å². The van der Waals surface area contributed by atoms with Crippen LogP contribution in [0, 0.1) is 0 Å². The highest BCUT2D eigenvalue weighted by Gasteiger charge is 2.08. The highest BCUT2D eigenvalue weighted by atomic mass is 35.5. The molecule has 4 heteroatoms. The van der Waals surface area contributed by atoms with Crippen LogP contribution in [0.15, 0.2) is 53.7 Å². The summed E-state index contributed by atoms with van der Waals surface area (Å²) >= 11 is 7.81. The molecule has 19 heavy (non-hydrogen) atoms. The summed E-state index contributed by atoms with van der Waals surface area (Å²) in [6.07, 6.45) is 4.71. The molecule has 2 nitrogen and oxygen atoms in total. The van der Waals surface area contributed by atoms with Crippen molar-refractivity contribution in [2.24, 2.45) is 0 Å². The SMILES string of the molecule is CNC(CSc1cccc(Cl)c1)Cc1cccnc1. The van der Waals surface area contributed by atoms with Gasteiger partial charge >= 0.3 is 0 Å². The Morgan fingerprint density at radius 1 is 1.32 bits per heavy atom. The van der Waals surface area contributed by atoms with Crippen molar-refractivity contribution < 1.29 is 0 Å². The number of thioether (sulfide) groups is 1. The lowest BCUT2D eigenvalue weighted by atomic mass is 10.1. The molecule has 0 bridgehead atoms. The summed E-state index contributed by atoms with van der Waals surface area (Å²) in [7, 11) is 2.00. The number of likely N-dealkylation sites (N-methyl/N-ethyl adjacent to an activating group) is 1. The van der Waals surface area contributed by atoms with Gasteiger partial charge in [-0.2, -0.15) is 0 Å². The number of nitrogens with zero attached hydrogens (tertiary/aromatic N) is 1. The van der Waals surface area contributed by atoms with E-state index in [1.54, 1.807) is 6.20 Å². The lowest BCUT2D eigenvalue weighted by Gasteiger charge is -2.15. The number of halogens is 1. The first-order valence-corrected chi connectivity index (χ1v) is 7.59. The number of nitrogens with one attached hydrogen (secondary N) is 1. The highest BCUT2D eigenvalue weighted by Crippen LogP contribution is 2.22. The van der Waals surface area contributed by atoms with Gasteiger partial charge in [-0.25, -0.2) is 0 Å². The summed E-state index contributed by atoms with van der Waals surface area (Å²) in [6, 6.07) is 12.5. The van der Waals surface area contributed by atoms with Gasteiger partial charge in [-0.05, 0) is 43.3 Å². The van der Waals surface area contributed by atoms with Crippen molar-refractivity contribution in [3.8, 4) is 0 Å². The third-order valence-electron chi connectivity index (χ3n) is 2.86. The van der Waals surface area contributed by atoms with Crippen molar-refractivity contribution in [3.63, 3.8) is 0 Å². The summed E-state index contributed by atoms with van der Waals surface area (Å²) in [6.45, 7) is 0. The first-order valence-electron chi connectivity index (χ1n) is 6.22. The number of benzene rings is 1. The molecule has 1 heterocycles. The van der Waals surface area contributed by atoms with Crippen molar-refractivity contribution in [2.75, 3.05) is 12.8 Å². The molecule has 0 spiro atoms. The Labute approximate surface area is 123 Å². The molecular formula is C15H17ClN2S. The van der Waals surface area contributed by atoms with Crippen LogP contribution in [0.2, 0.25) is 5.02 Å². The number of hydrogen-bond donors (Lipinski definition) is 1. The van der Waals surface area contributed by atoms with E-state index < -0.39 is 0 Å². The molecule has 0 radical (unpaired) electrons. The van der Waals surface area contributed by atoms with Crippen molar-refractivity contribution in [2.45, 2.75) is 17.4 Å². The molecule has 1 atom stereocenters.